The number of anilines is 1. The van der Waals surface area contributed by atoms with Crippen molar-refractivity contribution in [2.24, 2.45) is 0 Å². The highest BCUT2D eigenvalue weighted by Gasteiger charge is 2.37. The van der Waals surface area contributed by atoms with Crippen LogP contribution in [-0.2, 0) is 11.0 Å². The number of hydrogen-bond donors (Lipinski definition) is 2. The zero-order chi connectivity index (χ0) is 14.7. The molecule has 6 heteroatoms. The average molecular weight is 282 g/mol. The standard InChI is InChI=1S/C13H22N2O3Si/c1-13(2,3)19(4,5)18-9-10-7-6-8-11(14-10)15-12(16)17/h6-8H,9H2,1-5H3,(H,14,15)(H,16,17). The van der Waals surface area contributed by atoms with Crippen LogP contribution < -0.4 is 5.32 Å². The fraction of sp³-hybridized carbons (Fsp3) is 0.538. The maximum Gasteiger partial charge on any atom is 0.410 e. The fourth-order valence-electron chi connectivity index (χ4n) is 1.21. The van der Waals surface area contributed by atoms with Gasteiger partial charge in [0.1, 0.15) is 5.82 Å². The van der Waals surface area contributed by atoms with Crippen LogP contribution in [0, 0.1) is 0 Å². The third-order valence-electron chi connectivity index (χ3n) is 3.43. The van der Waals surface area contributed by atoms with Gasteiger partial charge in [0.2, 0.25) is 0 Å². The quantitative estimate of drug-likeness (QED) is 0.826. The first-order valence-electron chi connectivity index (χ1n) is 6.22. The first-order chi connectivity index (χ1) is 8.62. The summed E-state index contributed by atoms with van der Waals surface area (Å²) < 4.78 is 6.04. The molecule has 19 heavy (non-hydrogen) atoms. The highest BCUT2D eigenvalue weighted by atomic mass is 28.4. The van der Waals surface area contributed by atoms with Gasteiger partial charge >= 0.3 is 6.09 Å². The van der Waals surface area contributed by atoms with E-state index in [0.717, 1.165) is 5.69 Å². The van der Waals surface area contributed by atoms with Crippen LogP contribution in [0.5, 0.6) is 0 Å². The summed E-state index contributed by atoms with van der Waals surface area (Å²) in [6.45, 7) is 11.3. The van der Waals surface area contributed by atoms with Crippen LogP contribution in [0.15, 0.2) is 18.2 Å². The summed E-state index contributed by atoms with van der Waals surface area (Å²) >= 11 is 0. The third-order valence-corrected chi connectivity index (χ3v) is 7.91. The van der Waals surface area contributed by atoms with Gasteiger partial charge in [-0.2, -0.15) is 0 Å². The lowest BCUT2D eigenvalue weighted by atomic mass is 10.2. The van der Waals surface area contributed by atoms with E-state index in [1.807, 2.05) is 6.07 Å². The van der Waals surface area contributed by atoms with Gasteiger partial charge in [-0.05, 0) is 30.3 Å². The summed E-state index contributed by atoms with van der Waals surface area (Å²) in [4.78, 5) is 14.8. The van der Waals surface area contributed by atoms with E-state index >= 15 is 0 Å². The van der Waals surface area contributed by atoms with Crippen LogP contribution in [0.2, 0.25) is 18.1 Å². The summed E-state index contributed by atoms with van der Waals surface area (Å²) in [5, 5.41) is 11.0. The molecule has 0 radical (unpaired) electrons. The summed E-state index contributed by atoms with van der Waals surface area (Å²) in [5.41, 5.74) is 0.732. The molecule has 0 atom stereocenters. The van der Waals surface area contributed by atoms with E-state index in [2.05, 4.69) is 44.2 Å². The molecular weight excluding hydrogens is 260 g/mol. The van der Waals surface area contributed by atoms with Gasteiger partial charge in [-0.25, -0.2) is 9.78 Å². The highest BCUT2D eigenvalue weighted by Crippen LogP contribution is 2.36. The molecular formula is C13H22N2O3Si. The van der Waals surface area contributed by atoms with Crippen LogP contribution in [0.4, 0.5) is 10.6 Å². The lowest BCUT2D eigenvalue weighted by Gasteiger charge is -2.36. The number of aromatic nitrogens is 1. The molecule has 1 rings (SSSR count). The van der Waals surface area contributed by atoms with Gasteiger partial charge in [0.05, 0.1) is 12.3 Å². The van der Waals surface area contributed by atoms with Gasteiger partial charge in [0.15, 0.2) is 8.32 Å². The minimum atomic E-state index is -1.81. The first-order valence-corrected chi connectivity index (χ1v) is 9.12. The van der Waals surface area contributed by atoms with Crippen molar-refractivity contribution in [1.82, 2.24) is 4.98 Å². The third kappa shape index (κ3) is 4.64. The summed E-state index contributed by atoms with van der Waals surface area (Å²) in [7, 11) is -1.81. The molecule has 0 aliphatic rings. The van der Waals surface area contributed by atoms with Crippen molar-refractivity contribution in [3.63, 3.8) is 0 Å². The van der Waals surface area contributed by atoms with Gasteiger partial charge in [-0.15, -0.1) is 0 Å². The number of amides is 1. The Morgan fingerprint density at radius 3 is 2.58 bits per heavy atom. The van der Waals surface area contributed by atoms with Crippen LogP contribution in [-0.4, -0.2) is 24.5 Å². The largest absolute Gasteiger partial charge is 0.465 e. The Hall–Kier alpha value is -1.40. The maximum absolute atomic E-state index is 10.6. The second-order valence-electron chi connectivity index (χ2n) is 5.99. The van der Waals surface area contributed by atoms with E-state index in [0.29, 0.717) is 12.4 Å². The second-order valence-corrected chi connectivity index (χ2v) is 10.8. The van der Waals surface area contributed by atoms with Crippen LogP contribution >= 0.6 is 0 Å². The molecule has 0 aliphatic carbocycles. The molecule has 2 N–H and O–H groups in total. The summed E-state index contributed by atoms with van der Waals surface area (Å²) in [6, 6.07) is 5.22. The number of carboxylic acid groups (broad SMARTS) is 1. The van der Waals surface area contributed by atoms with Crippen LogP contribution in [0.25, 0.3) is 0 Å². The Kier molecular flexibility index (Phi) is 4.70. The minimum absolute atomic E-state index is 0.143. The molecule has 0 saturated carbocycles. The van der Waals surface area contributed by atoms with Crippen molar-refractivity contribution in [3.05, 3.63) is 23.9 Å². The molecule has 0 spiro atoms. The maximum atomic E-state index is 10.6. The van der Waals surface area contributed by atoms with E-state index in [1.54, 1.807) is 12.1 Å². The number of rotatable bonds is 4. The molecule has 0 saturated heterocycles. The van der Waals surface area contributed by atoms with Crippen LogP contribution in [0.3, 0.4) is 0 Å². The van der Waals surface area contributed by atoms with Gasteiger partial charge in [0, 0.05) is 0 Å². The topological polar surface area (TPSA) is 71.5 Å². The average Bonchev–Trinajstić information content (AvgIpc) is 2.24. The van der Waals surface area contributed by atoms with Gasteiger partial charge in [-0.3, -0.25) is 5.32 Å². The van der Waals surface area contributed by atoms with E-state index in [1.165, 1.54) is 0 Å². The second kappa shape index (κ2) is 5.71. The lowest BCUT2D eigenvalue weighted by Crippen LogP contribution is -2.40. The zero-order valence-electron chi connectivity index (χ0n) is 12.2. The number of hydrogen-bond acceptors (Lipinski definition) is 3. The molecule has 1 aromatic heterocycles. The predicted octanol–water partition coefficient (Wildman–Crippen LogP) is 3.69. The van der Waals surface area contributed by atoms with Crippen molar-refractivity contribution in [1.29, 1.82) is 0 Å². The van der Waals surface area contributed by atoms with Gasteiger partial charge in [0.25, 0.3) is 0 Å². The first kappa shape index (κ1) is 15.7. The van der Waals surface area contributed by atoms with Crippen molar-refractivity contribution in [2.45, 2.75) is 45.5 Å². The lowest BCUT2D eigenvalue weighted by molar-refractivity contribution is 0.209. The number of nitrogens with one attached hydrogen (secondary N) is 1. The molecule has 1 amide bonds. The molecule has 1 heterocycles. The normalized spacial score (nSPS) is 12.3. The molecule has 5 nitrogen and oxygen atoms in total. The molecule has 0 unspecified atom stereocenters. The Morgan fingerprint density at radius 1 is 1.42 bits per heavy atom. The van der Waals surface area contributed by atoms with E-state index < -0.39 is 14.4 Å². The fourth-order valence-corrected chi connectivity index (χ4v) is 2.15. The van der Waals surface area contributed by atoms with E-state index in [-0.39, 0.29) is 5.04 Å². The van der Waals surface area contributed by atoms with Crippen molar-refractivity contribution in [3.8, 4) is 0 Å². The van der Waals surface area contributed by atoms with Gasteiger partial charge in [-0.1, -0.05) is 26.8 Å². The highest BCUT2D eigenvalue weighted by molar-refractivity contribution is 6.74. The summed E-state index contributed by atoms with van der Waals surface area (Å²) in [5.74, 6) is 0.323. The van der Waals surface area contributed by atoms with Crippen molar-refractivity contribution >= 4 is 20.2 Å². The molecule has 0 aromatic carbocycles. The number of nitrogens with zero attached hydrogens (tertiary/aromatic N) is 1. The molecule has 106 valence electrons. The van der Waals surface area contributed by atoms with Gasteiger partial charge < -0.3 is 9.53 Å². The van der Waals surface area contributed by atoms with Crippen molar-refractivity contribution in [2.75, 3.05) is 5.32 Å². The Balaban J connectivity index is 2.71. The predicted molar refractivity (Wildman–Crippen MR) is 77.9 cm³/mol. The number of carbonyl (C=O) groups is 1. The van der Waals surface area contributed by atoms with Crippen molar-refractivity contribution < 1.29 is 14.3 Å². The Bertz CT molecular complexity index is 455. The summed E-state index contributed by atoms with van der Waals surface area (Å²) in [6.07, 6.45) is -1.12. The Labute approximate surface area is 115 Å². The van der Waals surface area contributed by atoms with E-state index in [9.17, 15) is 4.79 Å². The van der Waals surface area contributed by atoms with Crippen LogP contribution in [0.1, 0.15) is 26.5 Å². The number of pyridine rings is 1. The molecule has 0 bridgehead atoms. The molecule has 1 aromatic rings. The monoisotopic (exact) mass is 282 g/mol. The SMILES string of the molecule is CC(C)(C)[Si](C)(C)OCc1cccc(NC(=O)O)n1. The smallest absolute Gasteiger partial charge is 0.410 e. The minimum Gasteiger partial charge on any atom is -0.465 e. The molecule has 0 aliphatic heterocycles. The molecule has 0 fully saturated rings. The Morgan fingerprint density at radius 2 is 2.05 bits per heavy atom. The zero-order valence-corrected chi connectivity index (χ0v) is 13.2. The van der Waals surface area contributed by atoms with E-state index in [4.69, 9.17) is 9.53 Å².